The third-order valence-corrected chi connectivity index (χ3v) is 13.4. The Morgan fingerprint density at radius 3 is 1.13 bits per heavy atom. The highest BCUT2D eigenvalue weighted by Crippen LogP contribution is 2.23. The summed E-state index contributed by atoms with van der Waals surface area (Å²) in [6.45, 7) is 12.7. The molecule has 1 aliphatic heterocycles. The van der Waals surface area contributed by atoms with Crippen LogP contribution < -0.4 is 5.32 Å². The lowest BCUT2D eigenvalue weighted by Crippen LogP contribution is -2.44. The van der Waals surface area contributed by atoms with E-state index in [1.54, 1.807) is 0 Å². The monoisotopic (exact) mass is 967 g/mol. The molecule has 0 bridgehead atoms. The maximum Gasteiger partial charge on any atom is 0.359 e. The predicted molar refractivity (Wildman–Crippen MR) is 277 cm³/mol. The van der Waals surface area contributed by atoms with Crippen molar-refractivity contribution in [3.63, 3.8) is 0 Å². The lowest BCUT2D eigenvalue weighted by molar-refractivity contribution is -0.168. The molecule has 1 saturated heterocycles. The number of nitrogens with zero attached hydrogens (tertiary/aromatic N) is 1. The van der Waals surface area contributed by atoms with Gasteiger partial charge in [0.25, 0.3) is 11.3 Å². The number of esters is 4. The molecule has 0 aromatic rings. The summed E-state index contributed by atoms with van der Waals surface area (Å²) in [4.78, 5) is 54.7. The fraction of sp³-hybridized carbons (Fsp3) is 0.909. The number of likely N-dealkylation sites (tertiary alicyclic amines) is 1. The lowest BCUT2D eigenvalue weighted by Gasteiger charge is -2.36. The molecule has 392 valence electrons. The summed E-state index contributed by atoms with van der Waals surface area (Å²) in [6.07, 6.45) is 33.8. The molecular formula is C55H102N2O9S. The molecule has 1 heterocycles. The maximum absolute atomic E-state index is 13.2. The smallest absolute Gasteiger partial charge is 0.359 e. The topological polar surface area (TPSA) is 130 Å². The molecular weight excluding hydrogens is 865 g/mol. The van der Waals surface area contributed by atoms with Gasteiger partial charge in [0.15, 0.2) is 0 Å². The SMILES string of the molecule is CCCCCCCCC(CCCCCC)C(=O)OCCCCCCOC(=O)C(OC(=S)NCCCC1CN(C)C1)C(=O)OCCCCCCOC(=O)C(CCCCCC)CCCCCCCC. The summed E-state index contributed by atoms with van der Waals surface area (Å²) >= 11 is 5.38. The summed E-state index contributed by atoms with van der Waals surface area (Å²) < 4.78 is 28.2. The molecule has 1 aliphatic rings. The Balaban J connectivity index is 2.50. The molecule has 1 fully saturated rings. The zero-order valence-corrected chi connectivity index (χ0v) is 44.6. The van der Waals surface area contributed by atoms with Gasteiger partial charge >= 0.3 is 23.9 Å². The third kappa shape index (κ3) is 35.3. The Morgan fingerprint density at radius 2 is 0.776 bits per heavy atom. The van der Waals surface area contributed by atoms with Crippen molar-refractivity contribution in [1.82, 2.24) is 10.2 Å². The summed E-state index contributed by atoms with van der Waals surface area (Å²) in [5.41, 5.74) is 0. The minimum atomic E-state index is -1.61. The first-order chi connectivity index (χ1) is 32.7. The van der Waals surface area contributed by atoms with Gasteiger partial charge in [0.2, 0.25) is 0 Å². The number of carbonyl (C=O) groups excluding carboxylic acids is 4. The molecule has 0 aliphatic carbocycles. The van der Waals surface area contributed by atoms with E-state index < -0.39 is 18.0 Å². The zero-order valence-electron chi connectivity index (χ0n) is 43.8. The minimum Gasteiger partial charge on any atom is -0.465 e. The van der Waals surface area contributed by atoms with Crippen molar-refractivity contribution < 1.29 is 42.9 Å². The average molecular weight is 967 g/mol. The van der Waals surface area contributed by atoms with E-state index in [0.717, 1.165) is 116 Å². The van der Waals surface area contributed by atoms with Crippen LogP contribution in [0.25, 0.3) is 0 Å². The molecule has 0 aromatic heterocycles. The van der Waals surface area contributed by atoms with Crippen molar-refractivity contribution in [2.75, 3.05) is 53.1 Å². The predicted octanol–water partition coefficient (Wildman–Crippen LogP) is 13.6. The van der Waals surface area contributed by atoms with Gasteiger partial charge in [-0.2, -0.15) is 0 Å². The van der Waals surface area contributed by atoms with E-state index in [1.165, 1.54) is 103 Å². The Morgan fingerprint density at radius 1 is 0.463 bits per heavy atom. The Labute approximate surface area is 415 Å². The highest BCUT2D eigenvalue weighted by Gasteiger charge is 2.33. The molecule has 0 spiro atoms. The third-order valence-electron chi connectivity index (χ3n) is 13.2. The van der Waals surface area contributed by atoms with Crippen LogP contribution in [0, 0.1) is 17.8 Å². The highest BCUT2D eigenvalue weighted by molar-refractivity contribution is 7.80. The summed E-state index contributed by atoms with van der Waals surface area (Å²) in [7, 11) is 2.11. The van der Waals surface area contributed by atoms with Gasteiger partial charge in [-0.1, -0.05) is 156 Å². The van der Waals surface area contributed by atoms with Gasteiger partial charge in [0.05, 0.1) is 38.3 Å². The highest BCUT2D eigenvalue weighted by atomic mass is 32.1. The van der Waals surface area contributed by atoms with Crippen LogP contribution in [0.2, 0.25) is 0 Å². The number of ether oxygens (including phenoxy) is 5. The van der Waals surface area contributed by atoms with Crippen molar-refractivity contribution in [2.45, 2.75) is 252 Å². The second-order valence-corrected chi connectivity index (χ2v) is 20.0. The molecule has 0 radical (unpaired) electrons. The van der Waals surface area contributed by atoms with Crippen molar-refractivity contribution in [3.05, 3.63) is 0 Å². The van der Waals surface area contributed by atoms with E-state index in [9.17, 15) is 19.2 Å². The first-order valence-corrected chi connectivity index (χ1v) is 28.4. The van der Waals surface area contributed by atoms with Gasteiger partial charge in [0, 0.05) is 19.6 Å². The molecule has 0 aromatic carbocycles. The number of hydrogen-bond acceptors (Lipinski definition) is 11. The van der Waals surface area contributed by atoms with Crippen LogP contribution in [0.1, 0.15) is 246 Å². The van der Waals surface area contributed by atoms with Crippen LogP contribution in [-0.4, -0.2) is 93.2 Å². The molecule has 0 saturated carbocycles. The number of nitrogens with one attached hydrogen (secondary N) is 1. The Hall–Kier alpha value is -2.47. The Kier molecular flexibility index (Phi) is 41.7. The molecule has 1 rings (SSSR count). The summed E-state index contributed by atoms with van der Waals surface area (Å²) in [6, 6.07) is 0. The van der Waals surface area contributed by atoms with Crippen molar-refractivity contribution in [3.8, 4) is 0 Å². The van der Waals surface area contributed by atoms with Gasteiger partial charge in [-0.3, -0.25) is 9.59 Å². The van der Waals surface area contributed by atoms with Gasteiger partial charge in [-0.05, 0) is 115 Å². The van der Waals surface area contributed by atoms with Crippen LogP contribution in [-0.2, 0) is 42.9 Å². The normalized spacial score (nSPS) is 14.2. The largest absolute Gasteiger partial charge is 0.465 e. The lowest BCUT2D eigenvalue weighted by atomic mass is 9.94. The van der Waals surface area contributed by atoms with E-state index in [4.69, 9.17) is 35.9 Å². The molecule has 12 heteroatoms. The average Bonchev–Trinajstić information content (AvgIpc) is 3.31. The van der Waals surface area contributed by atoms with E-state index in [2.05, 4.69) is 45.0 Å². The van der Waals surface area contributed by atoms with Gasteiger partial charge in [-0.25, -0.2) is 9.59 Å². The number of hydrogen-bond donors (Lipinski definition) is 1. The van der Waals surface area contributed by atoms with E-state index in [-0.39, 0.29) is 42.2 Å². The molecule has 11 nitrogen and oxygen atoms in total. The zero-order chi connectivity index (χ0) is 49.0. The minimum absolute atomic E-state index is 0.00707. The second kappa shape index (κ2) is 44.7. The van der Waals surface area contributed by atoms with E-state index >= 15 is 0 Å². The standard InChI is InChI=1S/C55H102N2O9S/c1-6-10-14-18-20-28-38-48(36-26-16-12-8-3)51(58)62-41-30-22-24-32-43-64-53(60)50(66-55(67)56-40-34-35-47-45-57(5)46-47)54(61)65-44-33-25-23-31-42-63-52(59)49(37-27-17-13-9-4)39-29-21-19-15-11-7-2/h47-50H,6-46H2,1-5H3,(H,56,67). The maximum atomic E-state index is 13.2. The number of rotatable bonds is 47. The fourth-order valence-electron chi connectivity index (χ4n) is 8.86. The van der Waals surface area contributed by atoms with Crippen molar-refractivity contribution in [1.29, 1.82) is 0 Å². The number of carbonyl (C=O) groups is 4. The first kappa shape index (κ1) is 62.5. The molecule has 0 amide bonds. The molecule has 2 unspecified atom stereocenters. The summed E-state index contributed by atoms with van der Waals surface area (Å²) in [5.74, 6) is -1.08. The van der Waals surface area contributed by atoms with Crippen LogP contribution in [0.15, 0.2) is 0 Å². The molecule has 2 atom stereocenters. The van der Waals surface area contributed by atoms with Crippen LogP contribution in [0.4, 0.5) is 0 Å². The number of unbranched alkanes of at least 4 members (excludes halogenated alkanes) is 22. The summed E-state index contributed by atoms with van der Waals surface area (Å²) in [5, 5.41) is 3.01. The van der Waals surface area contributed by atoms with Crippen molar-refractivity contribution in [2.24, 2.45) is 17.8 Å². The van der Waals surface area contributed by atoms with Crippen LogP contribution in [0.5, 0.6) is 0 Å². The Bertz CT molecular complexity index is 1160. The van der Waals surface area contributed by atoms with Crippen LogP contribution in [0.3, 0.4) is 0 Å². The molecule has 67 heavy (non-hydrogen) atoms. The van der Waals surface area contributed by atoms with Crippen LogP contribution >= 0.6 is 12.2 Å². The van der Waals surface area contributed by atoms with Crippen molar-refractivity contribution >= 4 is 41.3 Å². The first-order valence-electron chi connectivity index (χ1n) is 28.0. The van der Waals surface area contributed by atoms with Gasteiger partial charge in [-0.15, -0.1) is 0 Å². The molecule has 1 N–H and O–H groups in total. The number of thiocarbonyl (C=S) groups is 1. The fourth-order valence-corrected chi connectivity index (χ4v) is 9.06. The second-order valence-electron chi connectivity index (χ2n) is 19.6. The van der Waals surface area contributed by atoms with Gasteiger partial charge < -0.3 is 33.9 Å². The quantitative estimate of drug-likeness (QED) is 0.0205. The van der Waals surface area contributed by atoms with E-state index in [1.807, 2.05) is 0 Å². The van der Waals surface area contributed by atoms with E-state index in [0.29, 0.717) is 38.5 Å². The van der Waals surface area contributed by atoms with Gasteiger partial charge in [0.1, 0.15) is 0 Å².